The van der Waals surface area contributed by atoms with Crippen molar-refractivity contribution >= 4 is 16.8 Å². The highest BCUT2D eigenvalue weighted by Crippen LogP contribution is 2.23. The van der Waals surface area contributed by atoms with Gasteiger partial charge in [-0.25, -0.2) is 4.98 Å². The third kappa shape index (κ3) is 4.63. The molecule has 4 nitrogen and oxygen atoms in total. The van der Waals surface area contributed by atoms with Gasteiger partial charge in [0.05, 0.1) is 24.0 Å². The molecule has 2 rings (SSSR count). The summed E-state index contributed by atoms with van der Waals surface area (Å²) in [4.78, 5) is 21.1. The number of unbranched alkanes of at least 4 members (excludes halogenated alkanes) is 4. The lowest BCUT2D eigenvalue weighted by atomic mass is 10.0. The summed E-state index contributed by atoms with van der Waals surface area (Å²) in [6.45, 7) is 8.65. The van der Waals surface area contributed by atoms with E-state index in [1.54, 1.807) is 6.20 Å². The Morgan fingerprint density at radius 3 is 2.57 bits per heavy atom. The predicted octanol–water partition coefficient (Wildman–Crippen LogP) is 4.66. The first-order valence-electron chi connectivity index (χ1n) is 8.76. The number of hydrogen-bond donors (Lipinski definition) is 0. The van der Waals surface area contributed by atoms with Crippen LogP contribution < -0.4 is 0 Å². The maximum atomic E-state index is 12.2. The predicted molar refractivity (Wildman–Crippen MR) is 94.6 cm³/mol. The number of carbonyl (C=O) groups is 1. The van der Waals surface area contributed by atoms with E-state index in [0.717, 1.165) is 29.6 Å². The van der Waals surface area contributed by atoms with Gasteiger partial charge in [0.2, 0.25) is 0 Å². The van der Waals surface area contributed by atoms with Crippen LogP contribution in [0.25, 0.3) is 11.0 Å². The van der Waals surface area contributed by atoms with E-state index in [2.05, 4.69) is 42.2 Å². The minimum atomic E-state index is -0.0311. The Morgan fingerprint density at radius 1 is 1.13 bits per heavy atom. The first-order chi connectivity index (χ1) is 10.9. The minimum absolute atomic E-state index is 0.0311. The number of imidazole rings is 1. The maximum absolute atomic E-state index is 12.2. The van der Waals surface area contributed by atoms with Gasteiger partial charge >= 0.3 is 0 Å². The lowest BCUT2D eigenvalue weighted by molar-refractivity contribution is -0.118. The van der Waals surface area contributed by atoms with Crippen LogP contribution >= 0.6 is 0 Å². The number of pyridine rings is 1. The number of fused-ring (bicyclic) bond motifs is 1. The highest BCUT2D eigenvalue weighted by atomic mass is 16.1. The van der Waals surface area contributed by atoms with Crippen molar-refractivity contribution in [1.82, 2.24) is 14.5 Å². The molecule has 0 saturated heterocycles. The summed E-state index contributed by atoms with van der Waals surface area (Å²) in [5.74, 6) is 0.270. The molecule has 0 aliphatic carbocycles. The number of ketones is 1. The molecule has 0 amide bonds. The van der Waals surface area contributed by atoms with Crippen LogP contribution in [-0.2, 0) is 16.8 Å². The van der Waals surface area contributed by atoms with Crippen molar-refractivity contribution in [2.45, 2.75) is 78.2 Å². The van der Waals surface area contributed by atoms with Crippen LogP contribution in [0.4, 0.5) is 0 Å². The molecule has 0 aliphatic heterocycles. The highest BCUT2D eigenvalue weighted by Gasteiger charge is 2.18. The number of carbonyl (C=O) groups excluding carboxylic acids is 1. The molecular weight excluding hydrogens is 286 g/mol. The topological polar surface area (TPSA) is 47.8 Å². The lowest BCUT2D eigenvalue weighted by Gasteiger charge is -2.21. The van der Waals surface area contributed by atoms with Gasteiger partial charge in [0.25, 0.3) is 0 Å². The van der Waals surface area contributed by atoms with Crippen LogP contribution in [0.2, 0.25) is 0 Å². The fraction of sp³-hybridized carbons (Fsp3) is 0.632. The highest BCUT2D eigenvalue weighted by molar-refractivity contribution is 5.86. The molecule has 0 N–H and O–H groups in total. The summed E-state index contributed by atoms with van der Waals surface area (Å²) in [5.41, 5.74) is 2.69. The number of aromatic nitrogens is 3. The zero-order chi connectivity index (χ0) is 16.9. The van der Waals surface area contributed by atoms with Crippen molar-refractivity contribution in [2.24, 2.45) is 0 Å². The largest absolute Gasteiger partial charge is 0.325 e. The molecule has 0 fully saturated rings. The molecule has 0 aliphatic rings. The van der Waals surface area contributed by atoms with E-state index in [0.29, 0.717) is 12.8 Å². The normalized spacial score (nSPS) is 12.0. The van der Waals surface area contributed by atoms with Gasteiger partial charge in [-0.05, 0) is 33.3 Å². The van der Waals surface area contributed by atoms with E-state index in [1.165, 1.54) is 19.3 Å². The molecule has 0 aromatic carbocycles. The summed E-state index contributed by atoms with van der Waals surface area (Å²) in [5, 5.41) is 0. The van der Waals surface area contributed by atoms with Gasteiger partial charge in [-0.3, -0.25) is 9.78 Å². The standard InChI is InChI=1S/C19H29N3O/c1-5-6-7-8-9-10-15(23)13-16-18-17(11-12-20-16)22(14-21-18)19(2,3)4/h11-12,14H,5-10,13H2,1-4H3. The Hall–Kier alpha value is -1.71. The second-order valence-corrected chi connectivity index (χ2v) is 7.29. The van der Waals surface area contributed by atoms with Crippen molar-refractivity contribution in [2.75, 3.05) is 0 Å². The fourth-order valence-electron chi connectivity index (χ4n) is 2.86. The summed E-state index contributed by atoms with van der Waals surface area (Å²) >= 11 is 0. The quantitative estimate of drug-likeness (QED) is 0.666. The lowest BCUT2D eigenvalue weighted by Crippen LogP contribution is -2.20. The van der Waals surface area contributed by atoms with E-state index in [-0.39, 0.29) is 11.3 Å². The second kappa shape index (κ2) is 7.71. The number of Topliss-reactive ketones (excluding diaryl/α,β-unsaturated/α-hetero) is 1. The minimum Gasteiger partial charge on any atom is -0.325 e. The van der Waals surface area contributed by atoms with Crippen LogP contribution in [0.15, 0.2) is 18.6 Å². The van der Waals surface area contributed by atoms with Crippen molar-refractivity contribution in [1.29, 1.82) is 0 Å². The van der Waals surface area contributed by atoms with Crippen LogP contribution in [0.3, 0.4) is 0 Å². The van der Waals surface area contributed by atoms with Crippen LogP contribution in [0.1, 0.15) is 71.9 Å². The molecule has 0 spiro atoms. The first kappa shape index (κ1) is 17.6. The SMILES string of the molecule is CCCCCCCC(=O)Cc1nccc2c1ncn2C(C)(C)C. The van der Waals surface area contributed by atoms with Gasteiger partial charge in [-0.2, -0.15) is 0 Å². The molecule has 23 heavy (non-hydrogen) atoms. The number of hydrogen-bond acceptors (Lipinski definition) is 3. The van der Waals surface area contributed by atoms with Crippen LogP contribution in [0, 0.1) is 0 Å². The fourth-order valence-corrected chi connectivity index (χ4v) is 2.86. The molecule has 0 bridgehead atoms. The van der Waals surface area contributed by atoms with Crippen LogP contribution in [-0.4, -0.2) is 20.3 Å². The maximum Gasteiger partial charge on any atom is 0.138 e. The Morgan fingerprint density at radius 2 is 1.87 bits per heavy atom. The van der Waals surface area contributed by atoms with Crippen molar-refractivity contribution in [3.05, 3.63) is 24.3 Å². The Balaban J connectivity index is 2.03. The van der Waals surface area contributed by atoms with Crippen molar-refractivity contribution in [3.8, 4) is 0 Å². The van der Waals surface area contributed by atoms with E-state index >= 15 is 0 Å². The van der Waals surface area contributed by atoms with E-state index in [4.69, 9.17) is 0 Å². The molecule has 126 valence electrons. The van der Waals surface area contributed by atoms with E-state index in [1.807, 2.05) is 12.4 Å². The summed E-state index contributed by atoms with van der Waals surface area (Å²) in [6, 6.07) is 1.98. The van der Waals surface area contributed by atoms with Gasteiger partial charge in [-0.15, -0.1) is 0 Å². The van der Waals surface area contributed by atoms with Gasteiger partial charge in [0, 0.05) is 18.2 Å². The van der Waals surface area contributed by atoms with Crippen molar-refractivity contribution < 1.29 is 4.79 Å². The molecule has 2 aromatic heterocycles. The first-order valence-corrected chi connectivity index (χ1v) is 8.76. The van der Waals surface area contributed by atoms with Crippen LogP contribution in [0.5, 0.6) is 0 Å². The zero-order valence-electron chi connectivity index (χ0n) is 14.9. The summed E-state index contributed by atoms with van der Waals surface area (Å²) in [7, 11) is 0. The van der Waals surface area contributed by atoms with Gasteiger partial charge in [0.15, 0.2) is 0 Å². The molecule has 0 atom stereocenters. The Labute approximate surface area is 139 Å². The number of rotatable bonds is 8. The molecule has 0 unspecified atom stereocenters. The molecule has 0 radical (unpaired) electrons. The molecular formula is C19H29N3O. The third-order valence-corrected chi connectivity index (χ3v) is 4.19. The van der Waals surface area contributed by atoms with Gasteiger partial charge in [0.1, 0.15) is 11.3 Å². The molecule has 0 saturated carbocycles. The Kier molecular flexibility index (Phi) is 5.91. The second-order valence-electron chi connectivity index (χ2n) is 7.29. The average molecular weight is 315 g/mol. The van der Waals surface area contributed by atoms with Gasteiger partial charge < -0.3 is 4.57 Å². The molecule has 2 heterocycles. The molecule has 2 aromatic rings. The Bertz CT molecular complexity index is 652. The van der Waals surface area contributed by atoms with E-state index in [9.17, 15) is 4.79 Å². The summed E-state index contributed by atoms with van der Waals surface area (Å²) < 4.78 is 2.14. The summed E-state index contributed by atoms with van der Waals surface area (Å²) in [6.07, 6.45) is 10.6. The zero-order valence-corrected chi connectivity index (χ0v) is 14.9. The van der Waals surface area contributed by atoms with Gasteiger partial charge in [-0.1, -0.05) is 32.6 Å². The van der Waals surface area contributed by atoms with E-state index < -0.39 is 0 Å². The number of nitrogens with zero attached hydrogens (tertiary/aromatic N) is 3. The van der Waals surface area contributed by atoms with Crippen molar-refractivity contribution in [3.63, 3.8) is 0 Å². The third-order valence-electron chi connectivity index (χ3n) is 4.19. The monoisotopic (exact) mass is 315 g/mol. The smallest absolute Gasteiger partial charge is 0.138 e. The molecule has 4 heteroatoms. The average Bonchev–Trinajstić information content (AvgIpc) is 2.92.